The minimum atomic E-state index is -5.08. The highest BCUT2D eigenvalue weighted by Crippen LogP contribution is 2.52. The standard InChI is InChI=1S/C28H31F4NO4S/c1-18-3-5-19(6-4-18)16-27-11-12-33(25(34)20-9-13-38(35,36)14-10-20)24(27)17-37-23-15-21(7-8-22(23)27)26(2,29)28(30,31)32/h3-8,15,20,24H,9-14,16-17H2,1-2H3. The second kappa shape index (κ2) is 9.24. The van der Waals surface area contributed by atoms with Crippen LogP contribution in [0.25, 0.3) is 0 Å². The maximum atomic E-state index is 14.8. The van der Waals surface area contributed by atoms with Gasteiger partial charge in [0.15, 0.2) is 0 Å². The molecule has 0 bridgehead atoms. The molecule has 5 nitrogen and oxygen atoms in total. The van der Waals surface area contributed by atoms with Crippen molar-refractivity contribution in [1.29, 1.82) is 0 Å². The van der Waals surface area contributed by atoms with E-state index in [4.69, 9.17) is 4.74 Å². The smallest absolute Gasteiger partial charge is 0.426 e. The molecule has 0 aromatic heterocycles. The first-order valence-electron chi connectivity index (χ1n) is 12.8. The summed E-state index contributed by atoms with van der Waals surface area (Å²) in [6.07, 6.45) is -3.43. The molecule has 3 atom stereocenters. The molecule has 2 saturated heterocycles. The van der Waals surface area contributed by atoms with E-state index < -0.39 is 38.6 Å². The van der Waals surface area contributed by atoms with Crippen molar-refractivity contribution in [3.05, 3.63) is 64.7 Å². The van der Waals surface area contributed by atoms with E-state index in [2.05, 4.69) is 0 Å². The fraction of sp³-hybridized carbons (Fsp3) is 0.536. The highest BCUT2D eigenvalue weighted by molar-refractivity contribution is 7.91. The fourth-order valence-corrected chi connectivity index (χ4v) is 7.68. The summed E-state index contributed by atoms with van der Waals surface area (Å²) in [7, 11) is -3.13. The number of sulfone groups is 1. The number of alkyl halides is 4. The van der Waals surface area contributed by atoms with E-state index in [0.29, 0.717) is 31.9 Å². The molecule has 5 rings (SSSR count). The van der Waals surface area contributed by atoms with E-state index >= 15 is 0 Å². The fourth-order valence-electron chi connectivity index (χ4n) is 6.19. The lowest BCUT2D eigenvalue weighted by molar-refractivity contribution is -0.228. The van der Waals surface area contributed by atoms with Gasteiger partial charge in [0.05, 0.1) is 17.5 Å². The number of carbonyl (C=O) groups is 1. The van der Waals surface area contributed by atoms with Gasteiger partial charge in [0.1, 0.15) is 22.2 Å². The minimum Gasteiger partial charge on any atom is -0.491 e. The quantitative estimate of drug-likeness (QED) is 0.498. The molecule has 2 aromatic carbocycles. The molecule has 1 amide bonds. The highest BCUT2D eigenvalue weighted by Gasteiger charge is 2.57. The number of halogens is 4. The van der Waals surface area contributed by atoms with Crippen molar-refractivity contribution >= 4 is 15.7 Å². The third-order valence-corrected chi connectivity index (χ3v) is 10.3. The van der Waals surface area contributed by atoms with Gasteiger partial charge in [-0.05, 0) is 51.2 Å². The lowest BCUT2D eigenvalue weighted by atomic mass is 9.68. The van der Waals surface area contributed by atoms with Crippen LogP contribution >= 0.6 is 0 Å². The van der Waals surface area contributed by atoms with Gasteiger partial charge in [-0.2, -0.15) is 13.2 Å². The van der Waals surface area contributed by atoms with E-state index in [1.807, 2.05) is 31.2 Å². The maximum absolute atomic E-state index is 14.8. The van der Waals surface area contributed by atoms with Gasteiger partial charge in [-0.15, -0.1) is 0 Å². The topological polar surface area (TPSA) is 63.7 Å². The van der Waals surface area contributed by atoms with Crippen LogP contribution in [-0.2, 0) is 32.1 Å². The molecule has 3 aliphatic rings. The molecule has 38 heavy (non-hydrogen) atoms. The molecule has 0 saturated carbocycles. The van der Waals surface area contributed by atoms with Gasteiger partial charge in [-0.3, -0.25) is 4.79 Å². The average molecular weight is 554 g/mol. The molecular weight excluding hydrogens is 522 g/mol. The van der Waals surface area contributed by atoms with Gasteiger partial charge < -0.3 is 9.64 Å². The number of hydrogen-bond acceptors (Lipinski definition) is 4. The number of nitrogens with zero attached hydrogens (tertiary/aromatic N) is 1. The third kappa shape index (κ3) is 4.58. The second-order valence-corrected chi connectivity index (χ2v) is 13.4. The predicted octanol–water partition coefficient (Wildman–Crippen LogP) is 5.04. The predicted molar refractivity (Wildman–Crippen MR) is 135 cm³/mol. The number of rotatable bonds is 4. The molecule has 2 fully saturated rings. The van der Waals surface area contributed by atoms with E-state index in [-0.39, 0.29) is 48.7 Å². The van der Waals surface area contributed by atoms with Crippen molar-refractivity contribution in [2.24, 2.45) is 5.92 Å². The van der Waals surface area contributed by atoms with Crippen molar-refractivity contribution in [3.63, 3.8) is 0 Å². The summed E-state index contributed by atoms with van der Waals surface area (Å²) >= 11 is 0. The summed E-state index contributed by atoms with van der Waals surface area (Å²) in [4.78, 5) is 15.4. The number of aryl methyl sites for hydroxylation is 1. The van der Waals surface area contributed by atoms with E-state index in [1.54, 1.807) is 4.90 Å². The first-order chi connectivity index (χ1) is 17.7. The Morgan fingerprint density at radius 2 is 1.74 bits per heavy atom. The molecule has 0 spiro atoms. The summed E-state index contributed by atoms with van der Waals surface area (Å²) in [6, 6.07) is 11.4. The Morgan fingerprint density at radius 1 is 1.08 bits per heavy atom. The van der Waals surface area contributed by atoms with Crippen LogP contribution in [0, 0.1) is 12.8 Å². The second-order valence-electron chi connectivity index (χ2n) is 11.1. The molecule has 10 heteroatoms. The largest absolute Gasteiger partial charge is 0.491 e. The first kappa shape index (κ1) is 27.0. The Hall–Kier alpha value is -2.62. The Labute approximate surface area is 220 Å². The van der Waals surface area contributed by atoms with Crippen molar-refractivity contribution in [3.8, 4) is 5.75 Å². The molecule has 0 N–H and O–H groups in total. The monoisotopic (exact) mass is 553 g/mol. The molecule has 3 heterocycles. The number of fused-ring (bicyclic) bond motifs is 3. The molecule has 0 aliphatic carbocycles. The third-order valence-electron chi connectivity index (χ3n) is 8.63. The summed E-state index contributed by atoms with van der Waals surface area (Å²) < 4.78 is 84.8. The Kier molecular flexibility index (Phi) is 6.56. The number of benzene rings is 2. The number of ether oxygens (including phenoxy) is 1. The number of likely N-dealkylation sites (tertiary alicyclic amines) is 1. The van der Waals surface area contributed by atoms with Crippen LogP contribution in [0.5, 0.6) is 5.75 Å². The maximum Gasteiger partial charge on any atom is 0.426 e. The molecule has 3 unspecified atom stereocenters. The number of hydrogen-bond donors (Lipinski definition) is 0. The zero-order chi connectivity index (χ0) is 27.5. The normalized spacial score (nSPS) is 26.7. The zero-order valence-corrected chi connectivity index (χ0v) is 22.2. The van der Waals surface area contributed by atoms with Crippen LogP contribution in [-0.4, -0.2) is 56.1 Å². The molecular formula is C28H31F4NO4S. The van der Waals surface area contributed by atoms with Gasteiger partial charge in [-0.25, -0.2) is 12.8 Å². The Morgan fingerprint density at radius 3 is 2.37 bits per heavy atom. The Bertz CT molecular complexity index is 1330. The molecule has 2 aromatic rings. The highest BCUT2D eigenvalue weighted by atomic mass is 32.2. The van der Waals surface area contributed by atoms with Gasteiger partial charge in [0.25, 0.3) is 0 Å². The minimum absolute atomic E-state index is 0.0141. The summed E-state index contributed by atoms with van der Waals surface area (Å²) in [5, 5.41) is 0. The van der Waals surface area contributed by atoms with Crippen molar-refractivity contribution in [2.75, 3.05) is 24.7 Å². The van der Waals surface area contributed by atoms with Gasteiger partial charge in [0, 0.05) is 29.0 Å². The van der Waals surface area contributed by atoms with Crippen LogP contribution < -0.4 is 4.74 Å². The Balaban J connectivity index is 1.53. The van der Waals surface area contributed by atoms with Crippen LogP contribution in [0.1, 0.15) is 48.4 Å². The van der Waals surface area contributed by atoms with Gasteiger partial charge in [-0.1, -0.05) is 42.0 Å². The number of amides is 1. The van der Waals surface area contributed by atoms with Crippen molar-refractivity contribution in [1.82, 2.24) is 4.90 Å². The zero-order valence-electron chi connectivity index (χ0n) is 21.4. The van der Waals surface area contributed by atoms with Crippen molar-refractivity contribution in [2.45, 2.75) is 62.8 Å². The van der Waals surface area contributed by atoms with Crippen LogP contribution in [0.2, 0.25) is 0 Å². The van der Waals surface area contributed by atoms with Crippen LogP contribution in [0.3, 0.4) is 0 Å². The average Bonchev–Trinajstić information content (AvgIpc) is 3.23. The van der Waals surface area contributed by atoms with E-state index in [1.165, 1.54) is 12.1 Å². The van der Waals surface area contributed by atoms with Crippen LogP contribution in [0.15, 0.2) is 42.5 Å². The summed E-state index contributed by atoms with van der Waals surface area (Å²) in [5.41, 5.74) is -1.93. The summed E-state index contributed by atoms with van der Waals surface area (Å²) in [5.74, 6) is -0.319. The van der Waals surface area contributed by atoms with Gasteiger partial charge >= 0.3 is 6.18 Å². The van der Waals surface area contributed by atoms with E-state index in [0.717, 1.165) is 17.2 Å². The van der Waals surface area contributed by atoms with E-state index in [9.17, 15) is 30.8 Å². The SMILES string of the molecule is Cc1ccc(CC23CCN(C(=O)C4CCS(=O)(=O)CC4)C2COc2cc(C(C)(F)C(F)(F)F)ccc23)cc1. The van der Waals surface area contributed by atoms with Crippen LogP contribution in [0.4, 0.5) is 17.6 Å². The lowest BCUT2D eigenvalue weighted by Crippen LogP contribution is -2.53. The molecule has 3 aliphatic heterocycles. The summed E-state index contributed by atoms with van der Waals surface area (Å²) in [6.45, 7) is 2.97. The first-order valence-corrected chi connectivity index (χ1v) is 14.7. The molecule has 0 radical (unpaired) electrons. The van der Waals surface area contributed by atoms with Crippen molar-refractivity contribution < 1.29 is 35.5 Å². The lowest BCUT2D eigenvalue weighted by Gasteiger charge is -2.44. The number of carbonyl (C=O) groups excluding carboxylic acids is 1. The van der Waals surface area contributed by atoms with Gasteiger partial charge in [0.2, 0.25) is 11.6 Å². The molecule has 206 valence electrons.